The molecule has 0 heterocycles. The zero-order chi connectivity index (χ0) is 0. The van der Waals surface area contributed by atoms with Crippen LogP contribution in [-0.4, -0.2) is 91.0 Å². The summed E-state index contributed by atoms with van der Waals surface area (Å²) in [5.41, 5.74) is 0. The van der Waals surface area contributed by atoms with Gasteiger partial charge in [0.05, 0.1) is 0 Å². The predicted molar refractivity (Wildman–Crippen MR) is 14.9 cm³/mol. The summed E-state index contributed by atoms with van der Waals surface area (Å²) in [5.74, 6) is 0. The molecule has 0 aliphatic carbocycles. The van der Waals surface area contributed by atoms with Crippen molar-refractivity contribution >= 4 is 91.0 Å². The summed E-state index contributed by atoms with van der Waals surface area (Å²) in [7, 11) is 0. The van der Waals surface area contributed by atoms with Crippen LogP contribution < -0.4 is 0 Å². The summed E-state index contributed by atoms with van der Waals surface area (Å²) in [6.45, 7) is 0. The van der Waals surface area contributed by atoms with E-state index < -0.39 is 0 Å². The van der Waals surface area contributed by atoms with Crippen molar-refractivity contribution in [2.24, 2.45) is 0 Å². The first-order valence-corrected chi connectivity index (χ1v) is 0. The minimum Gasteiger partial charge on any atom is -2.00 e. The molecule has 0 radical (unpaired) electrons. The van der Waals surface area contributed by atoms with E-state index in [0.29, 0.717) is 0 Å². The SMILES string of the molecule is [Lr+3].[Lr+3].[O-2].[O-2].[O-2].[O-2].[O-2].[Sr+2].[Sr+2]. The number of rotatable bonds is 0. The Hall–Kier alpha value is 0.761. The van der Waals surface area contributed by atoms with Gasteiger partial charge in [-0.25, -0.2) is 0 Å². The minimum atomic E-state index is 0. The van der Waals surface area contributed by atoms with Gasteiger partial charge in [-0.1, -0.05) is 0 Å². The van der Waals surface area contributed by atoms with E-state index in [9.17, 15) is 0 Å². The Morgan fingerprint density at radius 3 is 0.333 bits per heavy atom. The molecule has 0 aliphatic rings. The summed E-state index contributed by atoms with van der Waals surface area (Å²) in [6.07, 6.45) is 0. The average Bonchev–Trinajstić information content (AvgIpc) is 0. The second-order valence-corrected chi connectivity index (χ2v) is 0. The van der Waals surface area contributed by atoms with Gasteiger partial charge in [0, 0.05) is 0 Å². The van der Waals surface area contributed by atoms with Gasteiger partial charge in [-0.05, 0) is 0 Å². The molecule has 0 rings (SSSR count). The first-order valence-electron chi connectivity index (χ1n) is 0. The molecule has 0 aromatic heterocycles. The average molecular weight is 779 g/mol. The Balaban J connectivity index is 0. The standard InChI is InChI=1S/2Lr.5O.2Sr/q2*+3;5*-2;2*+2. The molecule has 0 spiro atoms. The zero-order valence-electron chi connectivity index (χ0n) is 3.97. The third kappa shape index (κ3) is 691. The second kappa shape index (κ2) is 911. The van der Waals surface area contributed by atoms with Crippen molar-refractivity contribution in [2.45, 2.75) is 0 Å². The topological polar surface area (TPSA) is 142 Å². The van der Waals surface area contributed by atoms with Crippen LogP contribution in [0.15, 0.2) is 0 Å². The molecule has 0 aromatic carbocycles. The van der Waals surface area contributed by atoms with Crippen LogP contribution in [0.25, 0.3) is 0 Å². The van der Waals surface area contributed by atoms with Crippen LogP contribution in [0.2, 0.25) is 0 Å². The maximum atomic E-state index is 0. The van der Waals surface area contributed by atoms with Crippen molar-refractivity contribution in [3.8, 4) is 0 Å². The van der Waals surface area contributed by atoms with E-state index in [1.165, 1.54) is 0 Å². The van der Waals surface area contributed by atoms with E-state index in [2.05, 4.69) is 0 Å². The first kappa shape index (κ1) is 1290. The summed E-state index contributed by atoms with van der Waals surface area (Å²) >= 11 is 0. The molecule has 0 saturated heterocycles. The fourth-order valence-corrected chi connectivity index (χ4v) is 0. The first-order chi connectivity index (χ1) is 0. The normalized spacial score (nSPS) is 0. The molecular weight excluding hydrogens is 779 g/mol. The molecule has 0 aliphatic heterocycles. The van der Waals surface area contributed by atoms with E-state index in [0.717, 1.165) is 0 Å². The van der Waals surface area contributed by atoms with Gasteiger partial charge >= 0.3 is 91.0 Å². The van der Waals surface area contributed by atoms with Gasteiger partial charge < -0.3 is 27.4 Å². The van der Waals surface area contributed by atoms with Gasteiger partial charge in [-0.15, -0.1) is 0 Å². The summed E-state index contributed by atoms with van der Waals surface area (Å²) in [6, 6.07) is 0. The minimum absolute atomic E-state index is 0. The fraction of sp³-hybridized carbons (Fsp3) is 0. The van der Waals surface area contributed by atoms with Crippen molar-refractivity contribution in [1.82, 2.24) is 0 Å². The summed E-state index contributed by atoms with van der Waals surface area (Å²) in [5, 5.41) is 0. The van der Waals surface area contributed by atoms with E-state index in [1.54, 1.807) is 0 Å². The van der Waals surface area contributed by atoms with Crippen LogP contribution >= 0.6 is 0 Å². The molecule has 0 saturated carbocycles. The summed E-state index contributed by atoms with van der Waals surface area (Å²) < 4.78 is 0. The van der Waals surface area contributed by atoms with Gasteiger partial charge in [0.2, 0.25) is 0 Å². The van der Waals surface area contributed by atoms with Gasteiger partial charge in [-0.3, -0.25) is 0 Å². The quantitative estimate of drug-likeness (QED) is 0.269. The van der Waals surface area contributed by atoms with E-state index in [1.807, 2.05) is 0 Å². The van der Waals surface area contributed by atoms with Crippen LogP contribution in [0.1, 0.15) is 0 Å². The maximum absolute atomic E-state index is 0. The Labute approximate surface area is 116 Å². The largest absolute Gasteiger partial charge is 3.00 e. The van der Waals surface area contributed by atoms with Crippen LogP contribution in [0.5, 0.6) is 0 Å². The molecule has 0 atom stereocenters. The smallest absolute Gasteiger partial charge is 2.00 e. The molecule has 5 nitrogen and oxygen atoms in total. The van der Waals surface area contributed by atoms with Gasteiger partial charge in [0.15, 0.2) is 0 Å². The Kier molecular flexibility index (Phi) is 131000. The molecule has 0 amide bonds. The predicted octanol–water partition coefficient (Wildman–Crippen LogP) is -1.36. The monoisotopic (exact) mass is 780 g/mol. The van der Waals surface area contributed by atoms with Crippen molar-refractivity contribution < 1.29 is 27.4 Å². The van der Waals surface area contributed by atoms with Crippen LogP contribution in [0, 0.1) is 0 Å². The Morgan fingerprint density at radius 1 is 0.333 bits per heavy atom. The number of hydrogen-bond acceptors (Lipinski definition) is 0. The van der Waals surface area contributed by atoms with Crippen molar-refractivity contribution in [3.05, 3.63) is 0 Å². The van der Waals surface area contributed by atoms with Gasteiger partial charge in [-0.2, -0.15) is 0 Å². The molecular formula is Lr2O5Sr2. The fourth-order valence-electron chi connectivity index (χ4n) is 0. The molecule has 9 heteroatoms. The molecule has 0 N–H and O–H groups in total. The van der Waals surface area contributed by atoms with E-state index in [4.69, 9.17) is 0 Å². The van der Waals surface area contributed by atoms with E-state index in [-0.39, 0.29) is 118 Å². The van der Waals surface area contributed by atoms with Crippen molar-refractivity contribution in [1.29, 1.82) is 0 Å². The molecule has 0 fully saturated rings. The van der Waals surface area contributed by atoms with E-state index >= 15 is 0 Å². The third-order valence-electron chi connectivity index (χ3n) is 0. The second-order valence-electron chi connectivity index (χ2n) is 0. The van der Waals surface area contributed by atoms with Crippen LogP contribution in [0.3, 0.4) is 0 Å². The van der Waals surface area contributed by atoms with Crippen molar-refractivity contribution in [2.75, 3.05) is 0 Å². The Morgan fingerprint density at radius 2 is 0.333 bits per heavy atom. The summed E-state index contributed by atoms with van der Waals surface area (Å²) in [4.78, 5) is 0. The molecule has 64 valence electrons. The van der Waals surface area contributed by atoms with Crippen molar-refractivity contribution in [3.63, 3.8) is 0 Å². The van der Waals surface area contributed by atoms with Crippen LogP contribution in [0.4, 0.5) is 0 Å². The zero-order valence-corrected chi connectivity index (χ0v) is 15.2. The third-order valence-corrected chi connectivity index (χ3v) is 0. The molecule has 0 bridgehead atoms. The molecule has 0 aromatic rings. The molecule has 9 heavy (non-hydrogen) atoms. The Bertz CT molecular complexity index is 12.9. The number of hydrogen-bond donors (Lipinski definition) is 0. The van der Waals surface area contributed by atoms with Gasteiger partial charge in [0.25, 0.3) is 0 Å². The molecule has 0 unspecified atom stereocenters. The van der Waals surface area contributed by atoms with Gasteiger partial charge in [0.1, 0.15) is 0 Å². The maximum Gasteiger partial charge on any atom is 3.00 e. The van der Waals surface area contributed by atoms with Crippen LogP contribution in [-0.2, 0) is 27.4 Å².